The molecule has 0 aromatic heterocycles. The fraction of sp³-hybridized carbons (Fsp3) is 0.846. The second-order valence-corrected chi connectivity index (χ2v) is 9.99. The van der Waals surface area contributed by atoms with Crippen LogP contribution in [-0.2, 0) is 0 Å². The Balaban J connectivity index is 4.27. The van der Waals surface area contributed by atoms with Crippen molar-refractivity contribution in [3.8, 4) is 11.5 Å². The van der Waals surface area contributed by atoms with Crippen LogP contribution < -0.4 is 0 Å². The fourth-order valence-corrected chi connectivity index (χ4v) is 2.01. The summed E-state index contributed by atoms with van der Waals surface area (Å²) in [4.78, 5) is 0. The maximum Gasteiger partial charge on any atom is 0.129 e. The second-order valence-electron chi connectivity index (χ2n) is 5.24. The Morgan fingerprint density at radius 2 is 1.80 bits per heavy atom. The van der Waals surface area contributed by atoms with E-state index in [-0.39, 0.29) is 12.0 Å². The molecule has 0 spiro atoms. The predicted octanol–water partition coefficient (Wildman–Crippen LogP) is 3.44. The van der Waals surface area contributed by atoms with Gasteiger partial charge in [0.2, 0.25) is 0 Å². The first-order valence-electron chi connectivity index (χ1n) is 6.11. The minimum atomic E-state index is -1.29. The molecule has 88 valence electrons. The second kappa shape index (κ2) is 7.08. The Morgan fingerprint density at radius 1 is 1.20 bits per heavy atom. The zero-order valence-corrected chi connectivity index (χ0v) is 11.9. The topological polar surface area (TPSA) is 20.2 Å². The van der Waals surface area contributed by atoms with Crippen LogP contribution in [0.15, 0.2) is 0 Å². The molecule has 1 N–H and O–H groups in total. The quantitative estimate of drug-likeness (QED) is 0.562. The number of rotatable bonds is 5. The molecule has 0 amide bonds. The highest BCUT2D eigenvalue weighted by molar-refractivity contribution is 6.83. The van der Waals surface area contributed by atoms with Crippen LogP contribution in [0.1, 0.15) is 39.5 Å². The fourth-order valence-electron chi connectivity index (χ4n) is 1.39. The van der Waals surface area contributed by atoms with Crippen LogP contribution in [0.5, 0.6) is 0 Å². The van der Waals surface area contributed by atoms with Gasteiger partial charge in [-0.3, -0.25) is 0 Å². The van der Waals surface area contributed by atoms with E-state index < -0.39 is 8.07 Å². The summed E-state index contributed by atoms with van der Waals surface area (Å²) in [5.41, 5.74) is 3.36. The lowest BCUT2D eigenvalue weighted by molar-refractivity contribution is 0.120. The molecule has 0 aromatic rings. The van der Waals surface area contributed by atoms with Crippen LogP contribution in [-0.4, -0.2) is 19.3 Å². The summed E-state index contributed by atoms with van der Waals surface area (Å²) in [5, 5.41) is 9.95. The van der Waals surface area contributed by atoms with Gasteiger partial charge in [-0.15, -0.1) is 11.5 Å². The predicted molar refractivity (Wildman–Crippen MR) is 70.4 cm³/mol. The molecular weight excluding hydrogens is 200 g/mol. The summed E-state index contributed by atoms with van der Waals surface area (Å²) in [6, 6.07) is 0. The zero-order chi connectivity index (χ0) is 11.9. The Bertz CT molecular complexity index is 219. The van der Waals surface area contributed by atoms with Gasteiger partial charge in [0, 0.05) is 5.92 Å². The Morgan fingerprint density at radius 3 is 2.20 bits per heavy atom. The van der Waals surface area contributed by atoms with Crippen LogP contribution >= 0.6 is 0 Å². The summed E-state index contributed by atoms with van der Waals surface area (Å²) < 4.78 is 0. The lowest BCUT2D eigenvalue weighted by Gasteiger charge is -2.16. The van der Waals surface area contributed by atoms with Crippen molar-refractivity contribution in [2.75, 3.05) is 0 Å². The summed E-state index contributed by atoms with van der Waals surface area (Å²) >= 11 is 0. The van der Waals surface area contributed by atoms with Crippen molar-refractivity contribution in [2.24, 2.45) is 5.92 Å². The van der Waals surface area contributed by atoms with Gasteiger partial charge >= 0.3 is 0 Å². The number of aliphatic hydroxyl groups excluding tert-OH is 1. The van der Waals surface area contributed by atoms with E-state index in [0.29, 0.717) is 0 Å². The Hall–Kier alpha value is -0.263. The molecule has 0 aromatic carbocycles. The number of hydrogen-bond acceptors (Lipinski definition) is 1. The van der Waals surface area contributed by atoms with E-state index in [9.17, 15) is 5.11 Å². The third-order valence-electron chi connectivity index (χ3n) is 2.39. The van der Waals surface area contributed by atoms with Crippen molar-refractivity contribution < 1.29 is 5.11 Å². The van der Waals surface area contributed by atoms with E-state index in [4.69, 9.17) is 0 Å². The molecule has 0 radical (unpaired) electrons. The Labute approximate surface area is 96.3 Å². The molecule has 0 aliphatic heterocycles. The summed E-state index contributed by atoms with van der Waals surface area (Å²) in [7, 11) is -1.29. The van der Waals surface area contributed by atoms with Crippen molar-refractivity contribution in [3.05, 3.63) is 0 Å². The van der Waals surface area contributed by atoms with Crippen molar-refractivity contribution in [1.29, 1.82) is 0 Å². The number of hydrogen-bond donors (Lipinski definition) is 1. The third kappa shape index (κ3) is 7.64. The van der Waals surface area contributed by atoms with Crippen molar-refractivity contribution >= 4 is 8.07 Å². The van der Waals surface area contributed by atoms with Crippen LogP contribution in [0.3, 0.4) is 0 Å². The summed E-state index contributed by atoms with van der Waals surface area (Å²) in [5.74, 6) is 3.46. The number of unbranched alkanes of at least 4 members (excludes halogenated alkanes) is 1. The van der Waals surface area contributed by atoms with Gasteiger partial charge in [-0.05, 0) is 12.8 Å². The SMILES string of the molecule is CCCC[C@@H](O)[C@@H](C#C[Si](C)(C)C)CC. The summed E-state index contributed by atoms with van der Waals surface area (Å²) in [6.45, 7) is 11.0. The minimum Gasteiger partial charge on any atom is -0.392 e. The van der Waals surface area contributed by atoms with Gasteiger partial charge in [0.05, 0.1) is 6.10 Å². The first-order chi connectivity index (χ1) is 6.90. The molecule has 1 nitrogen and oxygen atoms in total. The molecular formula is C13H26OSi. The van der Waals surface area contributed by atoms with Gasteiger partial charge < -0.3 is 5.11 Å². The van der Waals surface area contributed by atoms with E-state index in [1.807, 2.05) is 0 Å². The highest BCUT2D eigenvalue weighted by Gasteiger charge is 2.15. The molecule has 0 rings (SSSR count). The monoisotopic (exact) mass is 226 g/mol. The van der Waals surface area contributed by atoms with Crippen LogP contribution in [0, 0.1) is 17.4 Å². The van der Waals surface area contributed by atoms with Gasteiger partial charge in [0.1, 0.15) is 8.07 Å². The molecule has 0 saturated carbocycles. The van der Waals surface area contributed by atoms with E-state index in [1.165, 1.54) is 0 Å². The van der Waals surface area contributed by atoms with Gasteiger partial charge in [0.15, 0.2) is 0 Å². The molecule has 0 unspecified atom stereocenters. The maximum atomic E-state index is 9.95. The lowest BCUT2D eigenvalue weighted by atomic mass is 9.96. The largest absolute Gasteiger partial charge is 0.392 e. The standard InChI is InChI=1S/C13H26OSi/c1-6-8-9-13(14)12(7-2)10-11-15(3,4)5/h12-14H,6-9H2,1-5H3/t12-,13-/m1/s1. The Kier molecular flexibility index (Phi) is 6.96. The van der Waals surface area contributed by atoms with Gasteiger partial charge in [-0.2, -0.15) is 0 Å². The molecule has 0 aliphatic carbocycles. The average Bonchev–Trinajstić information content (AvgIpc) is 2.13. The maximum absolute atomic E-state index is 9.95. The average molecular weight is 226 g/mol. The highest BCUT2D eigenvalue weighted by atomic mass is 28.3. The first kappa shape index (κ1) is 14.7. The molecule has 0 heterocycles. The molecule has 0 aliphatic rings. The normalized spacial score (nSPS) is 15.3. The summed E-state index contributed by atoms with van der Waals surface area (Å²) in [6.07, 6.45) is 3.89. The zero-order valence-electron chi connectivity index (χ0n) is 10.9. The molecule has 0 saturated heterocycles. The first-order valence-corrected chi connectivity index (χ1v) is 9.61. The van der Waals surface area contributed by atoms with Crippen LogP contribution in [0.2, 0.25) is 19.6 Å². The van der Waals surface area contributed by atoms with Gasteiger partial charge in [0.25, 0.3) is 0 Å². The molecule has 0 bridgehead atoms. The molecule has 15 heavy (non-hydrogen) atoms. The molecule has 2 heteroatoms. The molecule has 0 fully saturated rings. The third-order valence-corrected chi connectivity index (χ3v) is 3.28. The van der Waals surface area contributed by atoms with E-state index >= 15 is 0 Å². The van der Waals surface area contributed by atoms with Crippen molar-refractivity contribution in [2.45, 2.75) is 65.3 Å². The molecule has 2 atom stereocenters. The van der Waals surface area contributed by atoms with E-state index in [2.05, 4.69) is 45.0 Å². The number of aliphatic hydroxyl groups is 1. The highest BCUT2D eigenvalue weighted by Crippen LogP contribution is 2.14. The van der Waals surface area contributed by atoms with Crippen LogP contribution in [0.4, 0.5) is 0 Å². The van der Waals surface area contributed by atoms with E-state index in [1.54, 1.807) is 0 Å². The lowest BCUT2D eigenvalue weighted by Crippen LogP contribution is -2.21. The van der Waals surface area contributed by atoms with Gasteiger partial charge in [-0.1, -0.05) is 46.3 Å². The van der Waals surface area contributed by atoms with Crippen LogP contribution in [0.25, 0.3) is 0 Å². The van der Waals surface area contributed by atoms with Crippen molar-refractivity contribution in [3.63, 3.8) is 0 Å². The van der Waals surface area contributed by atoms with E-state index in [0.717, 1.165) is 25.7 Å². The van der Waals surface area contributed by atoms with Crippen molar-refractivity contribution in [1.82, 2.24) is 0 Å². The minimum absolute atomic E-state index is 0.184. The van der Waals surface area contributed by atoms with Gasteiger partial charge in [-0.25, -0.2) is 0 Å². The smallest absolute Gasteiger partial charge is 0.129 e.